The molecule has 1 heterocycles. The zero-order valence-corrected chi connectivity index (χ0v) is 18.4. The van der Waals surface area contributed by atoms with Crippen molar-refractivity contribution in [3.63, 3.8) is 0 Å². The van der Waals surface area contributed by atoms with E-state index in [9.17, 15) is 18.0 Å². The van der Waals surface area contributed by atoms with Crippen LogP contribution in [0.1, 0.15) is 15.9 Å². The van der Waals surface area contributed by atoms with Crippen LogP contribution >= 0.6 is 0 Å². The first-order valence-corrected chi connectivity index (χ1v) is 10.4. The van der Waals surface area contributed by atoms with E-state index in [1.165, 1.54) is 24.3 Å². The quantitative estimate of drug-likeness (QED) is 0.505. The topological polar surface area (TPSA) is 66.0 Å². The van der Waals surface area contributed by atoms with Crippen molar-refractivity contribution in [3.8, 4) is 28.4 Å². The second-order valence-corrected chi connectivity index (χ2v) is 7.69. The van der Waals surface area contributed by atoms with Crippen LogP contribution in [0.3, 0.4) is 0 Å². The summed E-state index contributed by atoms with van der Waals surface area (Å²) in [5.41, 5.74) is 2.88. The van der Waals surface area contributed by atoms with Gasteiger partial charge in [0.1, 0.15) is 12.4 Å². The maximum atomic E-state index is 13.1. The number of nitrogens with one attached hydrogen (secondary N) is 1. The van der Waals surface area contributed by atoms with E-state index < -0.39 is 6.36 Å². The van der Waals surface area contributed by atoms with Gasteiger partial charge in [-0.25, -0.2) is 0 Å². The molecule has 3 aromatic rings. The smallest absolute Gasteiger partial charge is 0.486 e. The van der Waals surface area contributed by atoms with E-state index in [2.05, 4.69) is 10.1 Å². The van der Waals surface area contributed by atoms with Crippen molar-refractivity contribution < 1.29 is 36.9 Å². The monoisotopic (exact) mass is 473 g/mol. The standard InChI is InChI=1S/C25H22F3NO5/c1-15-4-3-5-20(23(15)16-6-9-18(10-7-16)34-25(26,27)28)24(30)29-17-8-11-21-22(12-17)32-14-19(33-21)13-31-2/h3-12,19H,13-14H2,1-2H3,(H,29,30). The van der Waals surface area contributed by atoms with Crippen molar-refractivity contribution in [2.24, 2.45) is 0 Å². The summed E-state index contributed by atoms with van der Waals surface area (Å²) in [4.78, 5) is 13.1. The predicted molar refractivity (Wildman–Crippen MR) is 119 cm³/mol. The van der Waals surface area contributed by atoms with Crippen molar-refractivity contribution in [1.82, 2.24) is 0 Å². The number of benzene rings is 3. The van der Waals surface area contributed by atoms with Gasteiger partial charge in [0.05, 0.1) is 6.61 Å². The fourth-order valence-corrected chi connectivity index (χ4v) is 3.72. The number of hydrogen-bond donors (Lipinski definition) is 1. The maximum Gasteiger partial charge on any atom is 0.573 e. The molecular formula is C25H22F3NO5. The van der Waals surface area contributed by atoms with Crippen LogP contribution in [-0.2, 0) is 4.74 Å². The summed E-state index contributed by atoms with van der Waals surface area (Å²) in [5, 5.41) is 2.85. The minimum absolute atomic E-state index is 0.208. The van der Waals surface area contributed by atoms with Crippen LogP contribution in [0.4, 0.5) is 18.9 Å². The van der Waals surface area contributed by atoms with Crippen molar-refractivity contribution in [1.29, 1.82) is 0 Å². The lowest BCUT2D eigenvalue weighted by Gasteiger charge is -2.26. The van der Waals surface area contributed by atoms with Gasteiger partial charge in [-0.3, -0.25) is 4.79 Å². The van der Waals surface area contributed by atoms with Crippen LogP contribution < -0.4 is 19.5 Å². The predicted octanol–water partition coefficient (Wildman–Crippen LogP) is 5.60. The molecular weight excluding hydrogens is 451 g/mol. The fraction of sp³-hybridized carbons (Fsp3) is 0.240. The van der Waals surface area contributed by atoms with Gasteiger partial charge in [-0.1, -0.05) is 24.3 Å². The minimum atomic E-state index is -4.77. The molecule has 0 radical (unpaired) electrons. The van der Waals surface area contributed by atoms with Gasteiger partial charge in [0.15, 0.2) is 17.6 Å². The van der Waals surface area contributed by atoms with Crippen molar-refractivity contribution >= 4 is 11.6 Å². The number of fused-ring (bicyclic) bond motifs is 1. The summed E-state index contributed by atoms with van der Waals surface area (Å²) in [6, 6.07) is 15.7. The Morgan fingerprint density at radius 2 is 1.85 bits per heavy atom. The van der Waals surface area contributed by atoms with Crippen LogP contribution in [0.15, 0.2) is 60.7 Å². The summed E-state index contributed by atoms with van der Waals surface area (Å²) < 4.78 is 58.0. The molecule has 0 bridgehead atoms. The van der Waals surface area contributed by atoms with Gasteiger partial charge in [0.25, 0.3) is 5.91 Å². The number of carbonyl (C=O) groups excluding carboxylic acids is 1. The number of anilines is 1. The first kappa shape index (κ1) is 23.4. The number of amides is 1. The SMILES string of the molecule is COCC1COc2cc(NC(=O)c3cccc(C)c3-c3ccc(OC(F)(F)F)cc3)ccc2O1. The molecule has 1 unspecified atom stereocenters. The highest BCUT2D eigenvalue weighted by Gasteiger charge is 2.31. The number of carbonyl (C=O) groups is 1. The normalized spacial score (nSPS) is 15.0. The molecule has 0 aromatic heterocycles. The van der Waals surface area contributed by atoms with E-state index in [-0.39, 0.29) is 17.8 Å². The van der Waals surface area contributed by atoms with Gasteiger partial charge in [0, 0.05) is 24.4 Å². The Balaban J connectivity index is 1.55. The summed E-state index contributed by atoms with van der Waals surface area (Å²) in [5.74, 6) is 0.363. The lowest BCUT2D eigenvalue weighted by molar-refractivity contribution is -0.274. The number of hydrogen-bond acceptors (Lipinski definition) is 5. The molecule has 178 valence electrons. The molecule has 1 amide bonds. The van der Waals surface area contributed by atoms with E-state index in [0.717, 1.165) is 5.56 Å². The highest BCUT2D eigenvalue weighted by Crippen LogP contribution is 2.35. The molecule has 1 aliphatic heterocycles. The molecule has 0 aliphatic carbocycles. The number of alkyl halides is 3. The highest BCUT2D eigenvalue weighted by atomic mass is 19.4. The molecule has 3 aromatic carbocycles. The Kier molecular flexibility index (Phi) is 6.65. The number of methoxy groups -OCH3 is 1. The van der Waals surface area contributed by atoms with Crippen LogP contribution in [0.5, 0.6) is 17.2 Å². The fourth-order valence-electron chi connectivity index (χ4n) is 3.72. The zero-order valence-electron chi connectivity index (χ0n) is 18.4. The Labute approximate surface area is 194 Å². The number of aryl methyl sites for hydroxylation is 1. The molecule has 4 rings (SSSR count). The first-order chi connectivity index (χ1) is 16.2. The lowest BCUT2D eigenvalue weighted by Crippen LogP contribution is -2.33. The van der Waals surface area contributed by atoms with Crippen molar-refractivity contribution in [3.05, 3.63) is 71.8 Å². The molecule has 34 heavy (non-hydrogen) atoms. The van der Waals surface area contributed by atoms with Crippen LogP contribution in [0.2, 0.25) is 0 Å². The molecule has 9 heteroatoms. The second kappa shape index (κ2) is 9.64. The van der Waals surface area contributed by atoms with E-state index in [4.69, 9.17) is 14.2 Å². The van der Waals surface area contributed by atoms with Crippen molar-refractivity contribution in [2.45, 2.75) is 19.4 Å². The van der Waals surface area contributed by atoms with Crippen LogP contribution in [0, 0.1) is 6.92 Å². The Morgan fingerprint density at radius 1 is 1.09 bits per heavy atom. The summed E-state index contributed by atoms with van der Waals surface area (Å²) in [7, 11) is 1.59. The number of rotatable bonds is 6. The average Bonchev–Trinajstić information content (AvgIpc) is 2.79. The third-order valence-corrected chi connectivity index (χ3v) is 5.17. The van der Waals surface area contributed by atoms with Crippen molar-refractivity contribution in [2.75, 3.05) is 25.6 Å². The molecule has 6 nitrogen and oxygen atoms in total. The van der Waals surface area contributed by atoms with Crippen LogP contribution in [0.25, 0.3) is 11.1 Å². The van der Waals surface area contributed by atoms with Crippen LogP contribution in [-0.4, -0.2) is 38.7 Å². The maximum absolute atomic E-state index is 13.1. The van der Waals surface area contributed by atoms with Gasteiger partial charge < -0.3 is 24.3 Å². The van der Waals surface area contributed by atoms with E-state index >= 15 is 0 Å². The number of ether oxygens (including phenoxy) is 4. The molecule has 0 spiro atoms. The average molecular weight is 473 g/mol. The highest BCUT2D eigenvalue weighted by molar-refractivity contribution is 6.09. The molecule has 0 fully saturated rings. The number of halogens is 3. The molecule has 1 N–H and O–H groups in total. The largest absolute Gasteiger partial charge is 0.573 e. The molecule has 0 saturated carbocycles. The van der Waals surface area contributed by atoms with Gasteiger partial charge in [-0.2, -0.15) is 0 Å². The summed E-state index contributed by atoms with van der Waals surface area (Å²) in [6.07, 6.45) is -4.98. The van der Waals surface area contributed by atoms with E-state index in [0.29, 0.717) is 47.1 Å². The summed E-state index contributed by atoms with van der Waals surface area (Å²) in [6.45, 7) is 2.55. The second-order valence-electron chi connectivity index (χ2n) is 7.69. The van der Waals surface area contributed by atoms with Gasteiger partial charge >= 0.3 is 6.36 Å². The van der Waals surface area contributed by atoms with Gasteiger partial charge in [0.2, 0.25) is 0 Å². The minimum Gasteiger partial charge on any atom is -0.486 e. The van der Waals surface area contributed by atoms with Gasteiger partial charge in [-0.15, -0.1) is 13.2 Å². The lowest BCUT2D eigenvalue weighted by atomic mass is 9.94. The molecule has 1 atom stereocenters. The Hall–Kier alpha value is -3.72. The third kappa shape index (κ3) is 5.43. The Bertz CT molecular complexity index is 1180. The molecule has 0 saturated heterocycles. The zero-order chi connectivity index (χ0) is 24.3. The third-order valence-electron chi connectivity index (χ3n) is 5.17. The summed E-state index contributed by atoms with van der Waals surface area (Å²) >= 11 is 0. The Morgan fingerprint density at radius 3 is 2.56 bits per heavy atom. The van der Waals surface area contributed by atoms with E-state index in [1.54, 1.807) is 37.4 Å². The first-order valence-electron chi connectivity index (χ1n) is 10.4. The van der Waals surface area contributed by atoms with Gasteiger partial charge in [-0.05, 0) is 53.9 Å². The molecule has 1 aliphatic rings. The van der Waals surface area contributed by atoms with E-state index in [1.807, 2.05) is 13.0 Å².